The molecule has 0 atom stereocenters. The molecule has 1 N–H and O–H groups in total. The van der Waals surface area contributed by atoms with Gasteiger partial charge >= 0.3 is 0 Å². The van der Waals surface area contributed by atoms with Gasteiger partial charge in [0, 0.05) is 0 Å². The summed E-state index contributed by atoms with van der Waals surface area (Å²) in [4.78, 5) is 0. The van der Waals surface area contributed by atoms with Crippen molar-refractivity contribution in [2.75, 3.05) is 13.2 Å². The Morgan fingerprint density at radius 3 is 2.37 bits per heavy atom. The second kappa shape index (κ2) is 6.76. The molecule has 19 heavy (non-hydrogen) atoms. The molecule has 2 aromatic rings. The topological polar surface area (TPSA) is 29.5 Å². The van der Waals surface area contributed by atoms with Gasteiger partial charge in [0.1, 0.15) is 12.4 Å². The van der Waals surface area contributed by atoms with Crippen molar-refractivity contribution in [1.82, 2.24) is 0 Å². The summed E-state index contributed by atoms with van der Waals surface area (Å²) in [5.74, 6) is 0.781. The van der Waals surface area contributed by atoms with Gasteiger partial charge in [0.15, 0.2) is 0 Å². The number of aliphatic hydroxyl groups excluding tert-OH is 1. The Hall–Kier alpha value is -2.06. The van der Waals surface area contributed by atoms with Crippen LogP contribution in [0.2, 0.25) is 0 Å². The molecule has 0 heterocycles. The van der Waals surface area contributed by atoms with E-state index in [2.05, 4.69) is 25.1 Å². The van der Waals surface area contributed by atoms with E-state index in [1.54, 1.807) is 0 Å². The zero-order valence-corrected chi connectivity index (χ0v) is 11.0. The van der Waals surface area contributed by atoms with Crippen molar-refractivity contribution in [2.45, 2.75) is 6.92 Å². The molecular weight excluding hydrogens is 236 g/mol. The minimum absolute atomic E-state index is 0.0365. The molecule has 0 unspecified atom stereocenters. The first kappa shape index (κ1) is 13.4. The summed E-state index contributed by atoms with van der Waals surface area (Å²) in [6.07, 6.45) is 2.14. The number of ether oxygens (including phenoxy) is 1. The summed E-state index contributed by atoms with van der Waals surface area (Å²) in [6.45, 7) is 2.47. The van der Waals surface area contributed by atoms with Gasteiger partial charge in [0.2, 0.25) is 0 Å². The molecule has 2 aromatic carbocycles. The molecule has 0 amide bonds. The van der Waals surface area contributed by atoms with E-state index >= 15 is 0 Å². The minimum atomic E-state index is 0.0365. The van der Waals surface area contributed by atoms with Crippen LogP contribution in [0.3, 0.4) is 0 Å². The third-order valence-corrected chi connectivity index (χ3v) is 2.85. The zero-order chi connectivity index (χ0) is 13.5. The van der Waals surface area contributed by atoms with E-state index in [9.17, 15) is 0 Å². The number of hydrogen-bond donors (Lipinski definition) is 1. The Bertz CT molecular complexity index is 527. The van der Waals surface area contributed by atoms with Crippen LogP contribution in [0, 0.1) is 0 Å². The Kier molecular flexibility index (Phi) is 4.76. The third kappa shape index (κ3) is 3.97. The largest absolute Gasteiger partial charge is 0.491 e. The van der Waals surface area contributed by atoms with Gasteiger partial charge in [-0.05, 0) is 35.8 Å². The lowest BCUT2D eigenvalue weighted by molar-refractivity contribution is 0.201. The molecule has 2 nitrogen and oxygen atoms in total. The average molecular weight is 254 g/mol. The Morgan fingerprint density at radius 2 is 1.74 bits per heavy atom. The van der Waals surface area contributed by atoms with Crippen LogP contribution in [0.1, 0.15) is 18.1 Å². The number of rotatable bonds is 5. The van der Waals surface area contributed by atoms with Gasteiger partial charge < -0.3 is 9.84 Å². The van der Waals surface area contributed by atoms with Crippen molar-refractivity contribution < 1.29 is 9.84 Å². The highest BCUT2D eigenvalue weighted by atomic mass is 16.5. The van der Waals surface area contributed by atoms with Crippen molar-refractivity contribution in [3.8, 4) is 5.75 Å². The maximum Gasteiger partial charge on any atom is 0.119 e. The maximum atomic E-state index is 8.69. The van der Waals surface area contributed by atoms with Crippen LogP contribution in [0.4, 0.5) is 0 Å². The lowest BCUT2D eigenvalue weighted by atomic mass is 10.0. The Morgan fingerprint density at radius 1 is 1.05 bits per heavy atom. The molecule has 2 rings (SSSR count). The van der Waals surface area contributed by atoms with Crippen LogP contribution in [-0.4, -0.2) is 18.3 Å². The third-order valence-electron chi connectivity index (χ3n) is 2.85. The summed E-state index contributed by atoms with van der Waals surface area (Å²) < 4.78 is 5.33. The quantitative estimate of drug-likeness (QED) is 0.826. The number of allylic oxidation sites excluding steroid dienone is 1. The summed E-state index contributed by atoms with van der Waals surface area (Å²) in [5, 5.41) is 8.69. The molecule has 0 bridgehead atoms. The van der Waals surface area contributed by atoms with E-state index in [-0.39, 0.29) is 6.61 Å². The predicted molar refractivity (Wildman–Crippen MR) is 79.0 cm³/mol. The number of benzene rings is 2. The number of aliphatic hydroxyl groups is 1. The van der Waals surface area contributed by atoms with Gasteiger partial charge in [-0.25, -0.2) is 0 Å². The fraction of sp³-hybridized carbons (Fsp3) is 0.176. The Balaban J connectivity index is 2.10. The first-order chi connectivity index (χ1) is 9.29. The van der Waals surface area contributed by atoms with Crippen molar-refractivity contribution in [3.63, 3.8) is 0 Å². The van der Waals surface area contributed by atoms with E-state index in [4.69, 9.17) is 9.84 Å². The SMILES string of the molecule is CC(=Cc1ccc(OCCO)cc1)c1ccccc1. The maximum absolute atomic E-state index is 8.69. The fourth-order valence-corrected chi connectivity index (χ4v) is 1.86. The monoisotopic (exact) mass is 254 g/mol. The highest BCUT2D eigenvalue weighted by molar-refractivity contribution is 5.80. The lowest BCUT2D eigenvalue weighted by Gasteiger charge is -2.05. The van der Waals surface area contributed by atoms with Crippen molar-refractivity contribution in [2.24, 2.45) is 0 Å². The summed E-state index contributed by atoms with van der Waals surface area (Å²) in [6, 6.07) is 18.2. The van der Waals surface area contributed by atoms with Crippen LogP contribution in [-0.2, 0) is 0 Å². The first-order valence-electron chi connectivity index (χ1n) is 6.37. The zero-order valence-electron chi connectivity index (χ0n) is 11.0. The average Bonchev–Trinajstić information content (AvgIpc) is 2.47. The standard InChI is InChI=1S/C17H18O2/c1-14(16-5-3-2-4-6-16)13-15-7-9-17(10-8-15)19-12-11-18/h2-10,13,18H,11-12H2,1H3. The molecular formula is C17H18O2. The molecule has 0 saturated heterocycles. The first-order valence-corrected chi connectivity index (χ1v) is 6.37. The minimum Gasteiger partial charge on any atom is -0.491 e. The smallest absolute Gasteiger partial charge is 0.119 e. The molecule has 0 saturated carbocycles. The normalized spacial score (nSPS) is 11.4. The van der Waals surface area contributed by atoms with Gasteiger partial charge in [-0.15, -0.1) is 0 Å². The van der Waals surface area contributed by atoms with Crippen molar-refractivity contribution in [3.05, 3.63) is 65.7 Å². The molecule has 2 heteroatoms. The van der Waals surface area contributed by atoms with Gasteiger partial charge in [0.25, 0.3) is 0 Å². The van der Waals surface area contributed by atoms with Crippen LogP contribution in [0.5, 0.6) is 5.75 Å². The van der Waals surface area contributed by atoms with Crippen LogP contribution in [0.25, 0.3) is 11.6 Å². The van der Waals surface area contributed by atoms with Gasteiger partial charge in [-0.1, -0.05) is 48.5 Å². The van der Waals surface area contributed by atoms with Gasteiger partial charge in [-0.2, -0.15) is 0 Å². The van der Waals surface area contributed by atoms with Crippen molar-refractivity contribution in [1.29, 1.82) is 0 Å². The van der Waals surface area contributed by atoms with E-state index in [0.29, 0.717) is 6.61 Å². The molecule has 0 aliphatic carbocycles. The highest BCUT2D eigenvalue weighted by Gasteiger charge is 1.96. The Labute approximate surface area is 114 Å². The van der Waals surface area contributed by atoms with E-state index in [0.717, 1.165) is 11.3 Å². The van der Waals surface area contributed by atoms with E-state index in [1.165, 1.54) is 11.1 Å². The van der Waals surface area contributed by atoms with Crippen molar-refractivity contribution >= 4 is 11.6 Å². The fourth-order valence-electron chi connectivity index (χ4n) is 1.86. The van der Waals surface area contributed by atoms with Gasteiger partial charge in [0.05, 0.1) is 6.61 Å². The molecule has 0 aromatic heterocycles. The van der Waals surface area contributed by atoms with Crippen LogP contribution >= 0.6 is 0 Å². The molecule has 0 radical (unpaired) electrons. The van der Waals surface area contributed by atoms with E-state index < -0.39 is 0 Å². The predicted octanol–water partition coefficient (Wildman–Crippen LogP) is 3.62. The number of hydrogen-bond acceptors (Lipinski definition) is 2. The highest BCUT2D eigenvalue weighted by Crippen LogP contribution is 2.19. The molecule has 0 aliphatic heterocycles. The molecule has 0 aliphatic rings. The molecule has 0 spiro atoms. The second-order valence-electron chi connectivity index (χ2n) is 4.33. The molecule has 0 fully saturated rings. The van der Waals surface area contributed by atoms with Crippen LogP contribution < -0.4 is 4.74 Å². The lowest BCUT2D eigenvalue weighted by Crippen LogP contribution is -2.01. The summed E-state index contributed by atoms with van der Waals surface area (Å²) >= 11 is 0. The van der Waals surface area contributed by atoms with E-state index in [1.807, 2.05) is 42.5 Å². The van der Waals surface area contributed by atoms with Crippen LogP contribution in [0.15, 0.2) is 54.6 Å². The van der Waals surface area contributed by atoms with Gasteiger partial charge in [-0.3, -0.25) is 0 Å². The second-order valence-corrected chi connectivity index (χ2v) is 4.33. The summed E-state index contributed by atoms with van der Waals surface area (Å²) in [7, 11) is 0. The summed E-state index contributed by atoms with van der Waals surface area (Å²) in [5.41, 5.74) is 3.59. The molecule has 98 valence electrons.